The number of nitrogen functional groups attached to an aromatic ring is 1. The average Bonchev–Trinajstić information content (AvgIpc) is 3.01. The first kappa shape index (κ1) is 13.8. The highest BCUT2D eigenvalue weighted by Gasteiger charge is 2.57. The summed E-state index contributed by atoms with van der Waals surface area (Å²) in [5.74, 6) is 2.16. The number of ether oxygens (including phenoxy) is 1. The minimum absolute atomic E-state index is 0.237. The van der Waals surface area contributed by atoms with E-state index in [0.29, 0.717) is 11.0 Å². The summed E-state index contributed by atoms with van der Waals surface area (Å²) in [5, 5.41) is 19.6. The number of nitrogens with zero attached hydrogens (tertiary/aromatic N) is 3. The van der Waals surface area contributed by atoms with Crippen LogP contribution in [0.25, 0.3) is 11.0 Å². The van der Waals surface area contributed by atoms with Gasteiger partial charge in [-0.25, -0.2) is 14.4 Å². The Morgan fingerprint density at radius 2 is 2.33 bits per heavy atom. The fourth-order valence-electron chi connectivity index (χ4n) is 2.50. The molecule has 0 aliphatic carbocycles. The number of aliphatic hydroxyl groups is 2. The molecule has 7 nitrogen and oxygen atoms in total. The zero-order valence-corrected chi connectivity index (χ0v) is 10.8. The van der Waals surface area contributed by atoms with Crippen LogP contribution in [0.2, 0.25) is 0 Å². The van der Waals surface area contributed by atoms with Gasteiger partial charge >= 0.3 is 0 Å². The smallest absolute Gasteiger partial charge is 0.243 e. The molecule has 3 rings (SSSR count). The van der Waals surface area contributed by atoms with Crippen molar-refractivity contribution >= 4 is 16.9 Å². The molecule has 1 fully saturated rings. The fraction of sp³-hybridized carbons (Fsp3) is 0.385. The standard InChI is InChI=1S/C13H13FN4O3/c1-2-13(14)9(20)8(5-19)21-12(13)18-4-3-7-10(15)16-6-17-11(7)18/h1,3-4,6,8-9,12,19-20H,5H2,(H2,15,16,17)/t8-,9-,12-,13-/m1/s1. The Hall–Kier alpha value is -2.21. The normalized spacial score (nSPS) is 32.4. The van der Waals surface area contributed by atoms with Crippen molar-refractivity contribution in [1.29, 1.82) is 0 Å². The number of nitrogens with two attached hydrogens (primary N) is 1. The Bertz CT molecular complexity index is 728. The predicted octanol–water partition coefficient (Wildman–Crippen LogP) is -0.394. The molecule has 4 N–H and O–H groups in total. The molecule has 0 amide bonds. The van der Waals surface area contributed by atoms with E-state index in [1.54, 1.807) is 6.07 Å². The highest BCUT2D eigenvalue weighted by molar-refractivity contribution is 5.86. The van der Waals surface area contributed by atoms with Crippen molar-refractivity contribution in [2.24, 2.45) is 0 Å². The number of halogens is 1. The van der Waals surface area contributed by atoms with Gasteiger partial charge in [0.1, 0.15) is 30.0 Å². The largest absolute Gasteiger partial charge is 0.394 e. The third kappa shape index (κ3) is 1.79. The van der Waals surface area contributed by atoms with E-state index in [2.05, 4.69) is 9.97 Å². The first-order chi connectivity index (χ1) is 10.0. The highest BCUT2D eigenvalue weighted by atomic mass is 19.1. The van der Waals surface area contributed by atoms with Crippen molar-refractivity contribution in [3.63, 3.8) is 0 Å². The molecule has 0 saturated carbocycles. The van der Waals surface area contributed by atoms with Gasteiger partial charge in [-0.2, -0.15) is 0 Å². The number of terminal acetylenes is 1. The third-order valence-corrected chi connectivity index (χ3v) is 3.64. The van der Waals surface area contributed by atoms with Crippen LogP contribution in [-0.4, -0.2) is 49.2 Å². The van der Waals surface area contributed by atoms with E-state index < -0.39 is 30.7 Å². The van der Waals surface area contributed by atoms with Crippen molar-refractivity contribution in [3.05, 3.63) is 18.6 Å². The summed E-state index contributed by atoms with van der Waals surface area (Å²) < 4.78 is 21.6. The van der Waals surface area contributed by atoms with Crippen molar-refractivity contribution in [2.45, 2.75) is 24.1 Å². The van der Waals surface area contributed by atoms with Crippen LogP contribution in [-0.2, 0) is 4.74 Å². The summed E-state index contributed by atoms with van der Waals surface area (Å²) in [4.78, 5) is 7.87. The second-order valence-corrected chi connectivity index (χ2v) is 4.79. The molecular weight excluding hydrogens is 279 g/mol. The van der Waals surface area contributed by atoms with Gasteiger partial charge in [0.05, 0.1) is 12.0 Å². The van der Waals surface area contributed by atoms with Crippen molar-refractivity contribution in [1.82, 2.24) is 14.5 Å². The molecule has 0 spiro atoms. The number of fused-ring (bicyclic) bond motifs is 1. The van der Waals surface area contributed by atoms with Crippen LogP contribution in [0.1, 0.15) is 6.23 Å². The summed E-state index contributed by atoms with van der Waals surface area (Å²) in [6.45, 7) is -0.554. The summed E-state index contributed by atoms with van der Waals surface area (Å²) >= 11 is 0. The molecule has 1 saturated heterocycles. The molecule has 0 aromatic carbocycles. The molecule has 2 aromatic rings. The van der Waals surface area contributed by atoms with Gasteiger partial charge in [-0.15, -0.1) is 6.42 Å². The van der Waals surface area contributed by atoms with E-state index in [0.717, 1.165) is 0 Å². The molecule has 0 unspecified atom stereocenters. The maximum absolute atomic E-state index is 14.9. The zero-order valence-electron chi connectivity index (χ0n) is 10.8. The lowest BCUT2D eigenvalue weighted by molar-refractivity contribution is -0.0501. The van der Waals surface area contributed by atoms with Crippen LogP contribution in [0, 0.1) is 12.3 Å². The van der Waals surface area contributed by atoms with E-state index in [1.807, 2.05) is 5.92 Å². The first-order valence-corrected chi connectivity index (χ1v) is 6.21. The average molecular weight is 292 g/mol. The third-order valence-electron chi connectivity index (χ3n) is 3.64. The van der Waals surface area contributed by atoms with Gasteiger partial charge in [0.2, 0.25) is 5.67 Å². The van der Waals surface area contributed by atoms with Crippen LogP contribution >= 0.6 is 0 Å². The first-order valence-electron chi connectivity index (χ1n) is 6.21. The Kier molecular flexibility index (Phi) is 3.06. The fourth-order valence-corrected chi connectivity index (χ4v) is 2.50. The number of aliphatic hydroxyl groups excluding tert-OH is 2. The van der Waals surface area contributed by atoms with Crippen molar-refractivity contribution in [3.8, 4) is 12.3 Å². The molecule has 0 bridgehead atoms. The molecule has 0 radical (unpaired) electrons. The SMILES string of the molecule is C#C[C@@]1(F)[C@H](O)[C@@H](CO)O[C@H]1n1ccc2c(N)ncnc21. The number of alkyl halides is 1. The summed E-state index contributed by atoms with van der Waals surface area (Å²) in [7, 11) is 0. The van der Waals surface area contributed by atoms with E-state index in [-0.39, 0.29) is 5.82 Å². The molecule has 1 aliphatic heterocycles. The van der Waals surface area contributed by atoms with Gasteiger partial charge in [0.25, 0.3) is 0 Å². The number of rotatable bonds is 2. The highest BCUT2D eigenvalue weighted by Crippen LogP contribution is 2.42. The Balaban J connectivity index is 2.14. The molecule has 2 aromatic heterocycles. The summed E-state index contributed by atoms with van der Waals surface area (Å²) in [6.07, 6.45) is 3.88. The lowest BCUT2D eigenvalue weighted by Crippen LogP contribution is -2.42. The van der Waals surface area contributed by atoms with Crippen LogP contribution in [0.3, 0.4) is 0 Å². The van der Waals surface area contributed by atoms with Gasteiger partial charge in [-0.05, 0) is 6.07 Å². The van der Waals surface area contributed by atoms with Gasteiger partial charge in [0, 0.05) is 6.20 Å². The minimum Gasteiger partial charge on any atom is -0.394 e. The number of aromatic nitrogens is 3. The summed E-state index contributed by atoms with van der Waals surface area (Å²) in [6, 6.07) is 1.60. The van der Waals surface area contributed by atoms with Crippen LogP contribution in [0.4, 0.5) is 10.2 Å². The molecule has 3 heterocycles. The lowest BCUT2D eigenvalue weighted by atomic mass is 9.97. The second-order valence-electron chi connectivity index (χ2n) is 4.79. The van der Waals surface area contributed by atoms with Crippen molar-refractivity contribution < 1.29 is 19.3 Å². The maximum atomic E-state index is 14.9. The molecule has 1 aliphatic rings. The predicted molar refractivity (Wildman–Crippen MR) is 71.6 cm³/mol. The van der Waals surface area contributed by atoms with E-state index in [1.165, 1.54) is 17.1 Å². The molecule has 8 heteroatoms. The number of hydrogen-bond acceptors (Lipinski definition) is 6. The Morgan fingerprint density at radius 3 is 3.00 bits per heavy atom. The molecule has 21 heavy (non-hydrogen) atoms. The van der Waals surface area contributed by atoms with Gasteiger partial charge in [0.15, 0.2) is 6.23 Å². The van der Waals surface area contributed by atoms with Crippen LogP contribution < -0.4 is 5.73 Å². The monoisotopic (exact) mass is 292 g/mol. The van der Waals surface area contributed by atoms with Gasteiger partial charge in [-0.3, -0.25) is 0 Å². The van der Waals surface area contributed by atoms with Gasteiger partial charge in [-0.1, -0.05) is 5.92 Å². The summed E-state index contributed by atoms with van der Waals surface area (Å²) in [5.41, 5.74) is 3.56. The zero-order chi connectivity index (χ0) is 15.2. The molecular formula is C13H13FN4O3. The lowest BCUT2D eigenvalue weighted by Gasteiger charge is -2.24. The number of hydrogen-bond donors (Lipinski definition) is 3. The molecule has 110 valence electrons. The number of anilines is 1. The Morgan fingerprint density at radius 1 is 1.57 bits per heavy atom. The minimum atomic E-state index is -2.49. The van der Waals surface area contributed by atoms with Gasteiger partial charge < -0.3 is 25.3 Å². The van der Waals surface area contributed by atoms with E-state index >= 15 is 0 Å². The quantitative estimate of drug-likeness (QED) is 0.651. The van der Waals surface area contributed by atoms with Crippen molar-refractivity contribution in [2.75, 3.05) is 12.3 Å². The molecule has 4 atom stereocenters. The topological polar surface area (TPSA) is 106 Å². The maximum Gasteiger partial charge on any atom is 0.243 e. The van der Waals surface area contributed by atoms with Crippen LogP contribution in [0.15, 0.2) is 18.6 Å². The van der Waals surface area contributed by atoms with E-state index in [4.69, 9.17) is 22.0 Å². The Labute approximate surface area is 119 Å². The second kappa shape index (κ2) is 4.66. The van der Waals surface area contributed by atoms with E-state index in [9.17, 15) is 9.50 Å². The van der Waals surface area contributed by atoms with Crippen LogP contribution in [0.5, 0.6) is 0 Å².